The molecule has 2 fully saturated rings. The highest BCUT2D eigenvalue weighted by atomic mass is 16.4. The number of nitrogens with one attached hydrogen (secondary N) is 1. The smallest absolute Gasteiger partial charge is 0.407 e. The minimum Gasteiger partial charge on any atom is -0.465 e. The van der Waals surface area contributed by atoms with Gasteiger partial charge in [0.25, 0.3) is 0 Å². The molecule has 0 radical (unpaired) electrons. The molecule has 4 rings (SSSR count). The molecule has 0 spiro atoms. The van der Waals surface area contributed by atoms with Crippen LogP contribution in [-0.4, -0.2) is 63.4 Å². The number of aromatic nitrogens is 2. The summed E-state index contributed by atoms with van der Waals surface area (Å²) in [4.78, 5) is 38.6. The van der Waals surface area contributed by atoms with E-state index in [9.17, 15) is 19.5 Å². The Balaban J connectivity index is 1.62. The van der Waals surface area contributed by atoms with Crippen LogP contribution in [-0.2, 0) is 16.6 Å². The summed E-state index contributed by atoms with van der Waals surface area (Å²) < 4.78 is 1.76. The average Bonchev–Trinajstić information content (AvgIpc) is 2.97. The quantitative estimate of drug-likeness (QED) is 0.754. The predicted molar refractivity (Wildman–Crippen MR) is 102 cm³/mol. The van der Waals surface area contributed by atoms with Gasteiger partial charge in [0, 0.05) is 50.2 Å². The summed E-state index contributed by atoms with van der Waals surface area (Å²) in [5, 5.41) is 17.1. The molecule has 1 aromatic carbocycles. The third-order valence-electron chi connectivity index (χ3n) is 5.67. The number of rotatable bonds is 2. The van der Waals surface area contributed by atoms with E-state index >= 15 is 0 Å². The zero-order valence-electron chi connectivity index (χ0n) is 15.9. The van der Waals surface area contributed by atoms with Crippen LogP contribution in [0.25, 0.3) is 10.9 Å². The molecule has 9 nitrogen and oxygen atoms in total. The Hall–Kier alpha value is -3.10. The molecule has 0 saturated carbocycles. The molecule has 0 bridgehead atoms. The van der Waals surface area contributed by atoms with Gasteiger partial charge in [0.2, 0.25) is 11.8 Å². The number of nitrogens with zero attached hydrogens (tertiary/aromatic N) is 4. The molecule has 2 aliphatic heterocycles. The van der Waals surface area contributed by atoms with Gasteiger partial charge in [-0.2, -0.15) is 5.10 Å². The van der Waals surface area contributed by atoms with Crippen molar-refractivity contribution >= 4 is 34.5 Å². The first-order valence-electron chi connectivity index (χ1n) is 9.40. The Labute approximate surface area is 161 Å². The van der Waals surface area contributed by atoms with E-state index in [-0.39, 0.29) is 17.9 Å². The van der Waals surface area contributed by atoms with Crippen LogP contribution >= 0.6 is 0 Å². The molecular formula is C19H23N5O4. The van der Waals surface area contributed by atoms with Gasteiger partial charge in [0.1, 0.15) is 0 Å². The number of hydrogen-bond donors (Lipinski definition) is 2. The lowest BCUT2D eigenvalue weighted by Crippen LogP contribution is -2.53. The number of fused-ring (bicyclic) bond motifs is 1. The maximum absolute atomic E-state index is 12.3. The van der Waals surface area contributed by atoms with Gasteiger partial charge in [-0.25, -0.2) is 4.79 Å². The number of carbonyl (C=O) groups is 3. The standard InChI is InChI=1S/C19H23N5O4/c1-11-10-23(7-8-24(11)19(27)28)12-3-4-13-15(9-12)22(2)21-17(13)14-5-6-16(25)20-18(14)26/h3-4,9,11,14H,5-8,10H2,1-2H3,(H,27,28)(H,20,25,26)/t11-,14?/m0/s1. The molecule has 2 N–H and O–H groups in total. The zero-order chi connectivity index (χ0) is 20.0. The molecule has 0 aliphatic carbocycles. The van der Waals surface area contributed by atoms with Crippen molar-refractivity contribution in [2.45, 2.75) is 31.7 Å². The van der Waals surface area contributed by atoms with Crippen molar-refractivity contribution in [2.24, 2.45) is 7.05 Å². The van der Waals surface area contributed by atoms with Crippen LogP contribution in [0.15, 0.2) is 18.2 Å². The second-order valence-corrected chi connectivity index (χ2v) is 7.48. The molecule has 2 atom stereocenters. The minimum atomic E-state index is -0.886. The van der Waals surface area contributed by atoms with Crippen molar-refractivity contribution in [2.75, 3.05) is 24.5 Å². The molecular weight excluding hydrogens is 362 g/mol. The van der Waals surface area contributed by atoms with Crippen LogP contribution < -0.4 is 10.2 Å². The van der Waals surface area contributed by atoms with Gasteiger partial charge in [-0.05, 0) is 31.5 Å². The van der Waals surface area contributed by atoms with Crippen molar-refractivity contribution in [3.63, 3.8) is 0 Å². The maximum Gasteiger partial charge on any atom is 0.407 e. The summed E-state index contributed by atoms with van der Waals surface area (Å²) in [7, 11) is 1.84. The summed E-state index contributed by atoms with van der Waals surface area (Å²) in [6.45, 7) is 3.61. The van der Waals surface area contributed by atoms with Gasteiger partial charge < -0.3 is 14.9 Å². The summed E-state index contributed by atoms with van der Waals surface area (Å²) in [6, 6.07) is 5.89. The Bertz CT molecular complexity index is 969. The molecule has 9 heteroatoms. The maximum atomic E-state index is 12.3. The van der Waals surface area contributed by atoms with Crippen molar-refractivity contribution in [3.05, 3.63) is 23.9 Å². The summed E-state index contributed by atoms with van der Waals surface area (Å²) >= 11 is 0. The van der Waals surface area contributed by atoms with Crippen LogP contribution in [0.1, 0.15) is 31.4 Å². The number of imide groups is 1. The predicted octanol–water partition coefficient (Wildman–Crippen LogP) is 1.28. The summed E-state index contributed by atoms with van der Waals surface area (Å²) in [5.41, 5.74) is 2.60. The number of benzene rings is 1. The van der Waals surface area contributed by atoms with Crippen LogP contribution in [0.3, 0.4) is 0 Å². The molecule has 148 valence electrons. The lowest BCUT2D eigenvalue weighted by atomic mass is 9.93. The molecule has 2 aliphatic rings. The molecule has 2 saturated heterocycles. The fourth-order valence-corrected chi connectivity index (χ4v) is 4.16. The topological polar surface area (TPSA) is 108 Å². The third-order valence-corrected chi connectivity index (χ3v) is 5.67. The summed E-state index contributed by atoms with van der Waals surface area (Å²) in [6.07, 6.45) is -0.103. The lowest BCUT2D eigenvalue weighted by Gasteiger charge is -2.39. The fraction of sp³-hybridized carbons (Fsp3) is 0.474. The third kappa shape index (κ3) is 3.06. The number of anilines is 1. The monoisotopic (exact) mass is 385 g/mol. The largest absolute Gasteiger partial charge is 0.465 e. The summed E-state index contributed by atoms with van der Waals surface area (Å²) in [5.74, 6) is -0.955. The van der Waals surface area contributed by atoms with Crippen LogP contribution in [0.2, 0.25) is 0 Å². The number of hydrogen-bond acceptors (Lipinski definition) is 5. The normalized spacial score (nSPS) is 23.2. The number of amides is 3. The SMILES string of the molecule is C[C@H]1CN(c2ccc3c(C4CCC(=O)NC4=O)nn(C)c3c2)CCN1C(=O)O. The van der Waals surface area contributed by atoms with Crippen LogP contribution in [0, 0.1) is 0 Å². The van der Waals surface area contributed by atoms with Crippen LogP contribution in [0.4, 0.5) is 10.5 Å². The van der Waals surface area contributed by atoms with E-state index < -0.39 is 12.0 Å². The van der Waals surface area contributed by atoms with Gasteiger partial charge in [0.15, 0.2) is 0 Å². The highest BCUT2D eigenvalue weighted by Gasteiger charge is 2.32. The Kier molecular flexibility index (Phi) is 4.44. The van der Waals surface area contributed by atoms with E-state index in [1.807, 2.05) is 32.2 Å². The molecule has 2 aromatic rings. The van der Waals surface area contributed by atoms with E-state index in [1.165, 1.54) is 4.90 Å². The molecule has 1 unspecified atom stereocenters. The number of carbonyl (C=O) groups excluding carboxylic acids is 2. The second kappa shape index (κ2) is 6.81. The van der Waals surface area contributed by atoms with E-state index in [2.05, 4.69) is 15.3 Å². The number of aryl methyl sites for hydroxylation is 1. The first-order chi connectivity index (χ1) is 13.3. The first kappa shape index (κ1) is 18.3. The lowest BCUT2D eigenvalue weighted by molar-refractivity contribution is -0.134. The fourth-order valence-electron chi connectivity index (χ4n) is 4.16. The van der Waals surface area contributed by atoms with Gasteiger partial charge >= 0.3 is 6.09 Å². The van der Waals surface area contributed by atoms with Gasteiger partial charge in [-0.1, -0.05) is 0 Å². The van der Waals surface area contributed by atoms with E-state index in [4.69, 9.17) is 0 Å². The number of carboxylic acid groups (broad SMARTS) is 1. The molecule has 3 heterocycles. The Morgan fingerprint density at radius 1 is 1.29 bits per heavy atom. The van der Waals surface area contributed by atoms with E-state index in [1.54, 1.807) is 4.68 Å². The van der Waals surface area contributed by atoms with Crippen molar-refractivity contribution < 1.29 is 19.5 Å². The van der Waals surface area contributed by atoms with Crippen molar-refractivity contribution in [1.29, 1.82) is 0 Å². The highest BCUT2D eigenvalue weighted by molar-refractivity contribution is 6.02. The van der Waals surface area contributed by atoms with Crippen molar-refractivity contribution in [3.8, 4) is 0 Å². The Morgan fingerprint density at radius 3 is 2.75 bits per heavy atom. The number of piperidine rings is 1. The molecule has 1 aromatic heterocycles. The van der Waals surface area contributed by atoms with Crippen LogP contribution in [0.5, 0.6) is 0 Å². The second-order valence-electron chi connectivity index (χ2n) is 7.48. The van der Waals surface area contributed by atoms with Gasteiger partial charge in [0.05, 0.1) is 17.1 Å². The van der Waals surface area contributed by atoms with E-state index in [0.717, 1.165) is 16.6 Å². The first-order valence-corrected chi connectivity index (χ1v) is 9.40. The average molecular weight is 385 g/mol. The van der Waals surface area contributed by atoms with Gasteiger partial charge in [-0.3, -0.25) is 19.6 Å². The Morgan fingerprint density at radius 2 is 2.07 bits per heavy atom. The molecule has 3 amide bonds. The zero-order valence-corrected chi connectivity index (χ0v) is 15.9. The van der Waals surface area contributed by atoms with Gasteiger partial charge in [-0.15, -0.1) is 0 Å². The minimum absolute atomic E-state index is 0.0903. The molecule has 28 heavy (non-hydrogen) atoms. The highest BCUT2D eigenvalue weighted by Crippen LogP contribution is 2.32. The van der Waals surface area contributed by atoms with E-state index in [0.29, 0.717) is 38.2 Å². The number of piperazine rings is 1. The van der Waals surface area contributed by atoms with Crippen molar-refractivity contribution in [1.82, 2.24) is 20.0 Å².